The zero-order valence-electron chi connectivity index (χ0n) is 12.4. The van der Waals surface area contributed by atoms with E-state index in [1.807, 2.05) is 0 Å². The molecule has 0 spiro atoms. The van der Waals surface area contributed by atoms with E-state index in [9.17, 15) is 23.5 Å². The van der Waals surface area contributed by atoms with Gasteiger partial charge in [0.25, 0.3) is 0 Å². The van der Waals surface area contributed by atoms with Gasteiger partial charge < -0.3 is 14.7 Å². The van der Waals surface area contributed by atoms with Crippen LogP contribution < -0.4 is 0 Å². The number of fused-ring (bicyclic) bond motifs is 1. The Kier molecular flexibility index (Phi) is 4.06. The number of rotatable bonds is 3. The van der Waals surface area contributed by atoms with Crippen molar-refractivity contribution >= 4 is 11.9 Å². The van der Waals surface area contributed by atoms with E-state index in [1.54, 1.807) is 0 Å². The number of carboxylic acids is 1. The lowest BCUT2D eigenvalue weighted by atomic mass is 9.74. The Balaban J connectivity index is 1.75. The molecule has 1 N–H and O–H groups in total. The van der Waals surface area contributed by atoms with Gasteiger partial charge >= 0.3 is 5.97 Å². The van der Waals surface area contributed by atoms with Gasteiger partial charge in [0, 0.05) is 31.7 Å². The van der Waals surface area contributed by atoms with E-state index in [-0.39, 0.29) is 36.9 Å². The van der Waals surface area contributed by atoms with Crippen LogP contribution in [0.2, 0.25) is 0 Å². The third-order valence-corrected chi connectivity index (χ3v) is 4.84. The molecule has 0 aromatic heterocycles. The number of hydrogen-bond donors (Lipinski definition) is 1. The molecule has 1 aromatic rings. The van der Waals surface area contributed by atoms with Crippen LogP contribution >= 0.6 is 0 Å². The van der Waals surface area contributed by atoms with Crippen molar-refractivity contribution in [1.29, 1.82) is 0 Å². The number of carbonyl (C=O) groups is 2. The summed E-state index contributed by atoms with van der Waals surface area (Å²) >= 11 is 0. The van der Waals surface area contributed by atoms with E-state index < -0.39 is 23.0 Å². The molecule has 0 saturated carbocycles. The fourth-order valence-corrected chi connectivity index (χ4v) is 3.43. The molecule has 0 unspecified atom stereocenters. The van der Waals surface area contributed by atoms with Crippen molar-refractivity contribution in [3.63, 3.8) is 0 Å². The molecule has 2 heterocycles. The minimum absolute atomic E-state index is 0.104. The second kappa shape index (κ2) is 5.88. The van der Waals surface area contributed by atoms with E-state index >= 15 is 0 Å². The molecule has 2 atom stereocenters. The summed E-state index contributed by atoms with van der Waals surface area (Å²) in [5.41, 5.74) is -0.873. The second-order valence-corrected chi connectivity index (χ2v) is 6.17. The first-order valence-electron chi connectivity index (χ1n) is 7.45. The molecule has 2 aliphatic heterocycles. The van der Waals surface area contributed by atoms with Crippen LogP contribution in [-0.4, -0.2) is 48.2 Å². The summed E-state index contributed by atoms with van der Waals surface area (Å²) in [5.74, 6) is -3.01. The maximum Gasteiger partial charge on any atom is 0.311 e. The summed E-state index contributed by atoms with van der Waals surface area (Å²) in [6, 6.07) is 3.07. The Morgan fingerprint density at radius 3 is 2.83 bits per heavy atom. The monoisotopic (exact) mass is 325 g/mol. The molecule has 0 aliphatic carbocycles. The lowest BCUT2D eigenvalue weighted by Gasteiger charge is -2.33. The van der Waals surface area contributed by atoms with Gasteiger partial charge in [0.15, 0.2) is 0 Å². The van der Waals surface area contributed by atoms with Gasteiger partial charge in [0.2, 0.25) is 5.91 Å². The van der Waals surface area contributed by atoms with Crippen molar-refractivity contribution in [3.05, 3.63) is 35.4 Å². The van der Waals surface area contributed by atoms with Crippen molar-refractivity contribution in [2.24, 2.45) is 11.3 Å². The molecule has 124 valence electrons. The summed E-state index contributed by atoms with van der Waals surface area (Å²) in [4.78, 5) is 25.5. The summed E-state index contributed by atoms with van der Waals surface area (Å²) in [5, 5.41) is 9.57. The van der Waals surface area contributed by atoms with Crippen LogP contribution in [0.1, 0.15) is 12.0 Å². The van der Waals surface area contributed by atoms with E-state index in [0.717, 1.165) is 12.1 Å². The number of benzene rings is 1. The number of halogens is 2. The molecule has 5 nitrogen and oxygen atoms in total. The first-order chi connectivity index (χ1) is 10.9. The zero-order chi connectivity index (χ0) is 16.6. The fraction of sp³-hybridized carbons (Fsp3) is 0.500. The van der Waals surface area contributed by atoms with Gasteiger partial charge in [-0.1, -0.05) is 6.07 Å². The molecule has 7 heteroatoms. The highest BCUT2D eigenvalue weighted by Gasteiger charge is 2.54. The van der Waals surface area contributed by atoms with Crippen LogP contribution in [0, 0.1) is 23.0 Å². The molecule has 3 rings (SSSR count). The summed E-state index contributed by atoms with van der Waals surface area (Å²) in [6.07, 6.45) is 0.150. The highest BCUT2D eigenvalue weighted by molar-refractivity contribution is 5.82. The van der Waals surface area contributed by atoms with Crippen molar-refractivity contribution in [2.45, 2.75) is 12.8 Å². The molecule has 2 aliphatic rings. The van der Waals surface area contributed by atoms with Crippen LogP contribution in [-0.2, 0) is 20.7 Å². The van der Waals surface area contributed by atoms with Crippen LogP contribution in [0.15, 0.2) is 18.2 Å². The van der Waals surface area contributed by atoms with E-state index in [0.29, 0.717) is 19.6 Å². The molecule has 0 bridgehead atoms. The van der Waals surface area contributed by atoms with E-state index in [2.05, 4.69) is 0 Å². The van der Waals surface area contributed by atoms with Gasteiger partial charge in [-0.05, 0) is 18.1 Å². The van der Waals surface area contributed by atoms with Crippen molar-refractivity contribution in [2.75, 3.05) is 26.3 Å². The molecule has 2 fully saturated rings. The van der Waals surface area contributed by atoms with Crippen molar-refractivity contribution in [3.8, 4) is 0 Å². The fourth-order valence-electron chi connectivity index (χ4n) is 3.43. The lowest BCUT2D eigenvalue weighted by molar-refractivity contribution is -0.157. The first kappa shape index (κ1) is 15.9. The number of likely N-dealkylation sites (tertiary alicyclic amines) is 1. The minimum Gasteiger partial charge on any atom is -0.481 e. The van der Waals surface area contributed by atoms with Crippen LogP contribution in [0.3, 0.4) is 0 Å². The van der Waals surface area contributed by atoms with Crippen LogP contribution in [0.5, 0.6) is 0 Å². The highest BCUT2D eigenvalue weighted by Crippen LogP contribution is 2.42. The second-order valence-electron chi connectivity index (χ2n) is 6.17. The lowest BCUT2D eigenvalue weighted by Crippen LogP contribution is -2.45. The maximum atomic E-state index is 13.7. The van der Waals surface area contributed by atoms with Gasteiger partial charge in [0.05, 0.1) is 18.4 Å². The Morgan fingerprint density at radius 1 is 1.39 bits per heavy atom. The molecule has 2 saturated heterocycles. The number of carboxylic acid groups (broad SMARTS) is 1. The first-order valence-corrected chi connectivity index (χ1v) is 7.45. The number of ether oxygens (including phenoxy) is 1. The SMILES string of the molecule is O=C(Cc1ccc(F)cc1F)N1C[C@H]2COCC[C@@]2(C(=O)O)C1. The van der Waals surface area contributed by atoms with Gasteiger partial charge in [-0.25, -0.2) is 8.78 Å². The standard InChI is InChI=1S/C16H17F2NO4/c17-12-2-1-10(13(18)6-12)5-14(20)19-7-11-8-23-4-3-16(11,9-19)15(21)22/h1-2,6,11H,3-5,7-9H2,(H,21,22)/t11-,16+/m0/s1. The third-order valence-electron chi connectivity index (χ3n) is 4.84. The number of aliphatic carboxylic acids is 1. The predicted octanol–water partition coefficient (Wildman–Crippen LogP) is 1.46. The quantitative estimate of drug-likeness (QED) is 0.914. The van der Waals surface area contributed by atoms with E-state index in [4.69, 9.17) is 4.74 Å². The summed E-state index contributed by atoms with van der Waals surface area (Å²) < 4.78 is 31.9. The molecular formula is C16H17F2NO4. The molecular weight excluding hydrogens is 308 g/mol. The largest absolute Gasteiger partial charge is 0.481 e. The van der Waals surface area contributed by atoms with Crippen LogP contribution in [0.4, 0.5) is 8.78 Å². The number of hydrogen-bond acceptors (Lipinski definition) is 3. The normalized spacial score (nSPS) is 26.9. The zero-order valence-corrected chi connectivity index (χ0v) is 12.4. The van der Waals surface area contributed by atoms with Crippen molar-refractivity contribution < 1.29 is 28.2 Å². The van der Waals surface area contributed by atoms with Gasteiger partial charge in [-0.15, -0.1) is 0 Å². The smallest absolute Gasteiger partial charge is 0.311 e. The average Bonchev–Trinajstić information content (AvgIpc) is 2.91. The summed E-state index contributed by atoms with van der Waals surface area (Å²) in [6.45, 7) is 1.06. The predicted molar refractivity (Wildman–Crippen MR) is 75.6 cm³/mol. The number of nitrogens with zero attached hydrogens (tertiary/aromatic N) is 1. The number of amides is 1. The van der Waals surface area contributed by atoms with Gasteiger partial charge in [0.1, 0.15) is 11.6 Å². The van der Waals surface area contributed by atoms with Crippen LogP contribution in [0.25, 0.3) is 0 Å². The van der Waals surface area contributed by atoms with Gasteiger partial charge in [-0.3, -0.25) is 9.59 Å². The molecule has 0 radical (unpaired) electrons. The number of carbonyl (C=O) groups excluding carboxylic acids is 1. The maximum absolute atomic E-state index is 13.7. The Hall–Kier alpha value is -2.02. The van der Waals surface area contributed by atoms with Crippen molar-refractivity contribution in [1.82, 2.24) is 4.90 Å². The molecule has 1 aromatic carbocycles. The summed E-state index contributed by atoms with van der Waals surface area (Å²) in [7, 11) is 0. The Bertz CT molecular complexity index is 651. The Labute approximate surface area is 131 Å². The third kappa shape index (κ3) is 2.81. The van der Waals surface area contributed by atoms with Gasteiger partial charge in [-0.2, -0.15) is 0 Å². The molecule has 1 amide bonds. The minimum atomic E-state index is -0.977. The Morgan fingerprint density at radius 2 is 2.17 bits per heavy atom. The average molecular weight is 325 g/mol. The molecule has 23 heavy (non-hydrogen) atoms. The topological polar surface area (TPSA) is 66.8 Å². The van der Waals surface area contributed by atoms with E-state index in [1.165, 1.54) is 11.0 Å². The highest BCUT2D eigenvalue weighted by atomic mass is 19.1.